The van der Waals surface area contributed by atoms with E-state index in [0.29, 0.717) is 18.9 Å². The zero-order valence-corrected chi connectivity index (χ0v) is 14.4. The van der Waals surface area contributed by atoms with Gasteiger partial charge in [-0.05, 0) is 18.9 Å². The third-order valence-electron chi connectivity index (χ3n) is 4.76. The summed E-state index contributed by atoms with van der Waals surface area (Å²) >= 11 is 0. The highest BCUT2D eigenvalue weighted by Crippen LogP contribution is 2.30. The summed E-state index contributed by atoms with van der Waals surface area (Å²) in [6, 6.07) is 4.07. The first-order valence-electron chi connectivity index (χ1n) is 8.66. The van der Waals surface area contributed by atoms with E-state index in [4.69, 9.17) is 0 Å². The van der Waals surface area contributed by atoms with Gasteiger partial charge in [-0.2, -0.15) is 18.3 Å². The first-order valence-corrected chi connectivity index (χ1v) is 8.66. The van der Waals surface area contributed by atoms with Gasteiger partial charge in [-0.3, -0.25) is 9.89 Å². The van der Waals surface area contributed by atoms with Gasteiger partial charge in [0.1, 0.15) is 17.3 Å². The van der Waals surface area contributed by atoms with Crippen LogP contribution >= 0.6 is 0 Å². The minimum atomic E-state index is -4.63. The maximum absolute atomic E-state index is 14.1. The Kier molecular flexibility index (Phi) is 5.38. The molecule has 1 heterocycles. The maximum atomic E-state index is 14.1. The summed E-state index contributed by atoms with van der Waals surface area (Å²) < 4.78 is 52.5. The Morgan fingerprint density at radius 3 is 2.52 bits per heavy atom. The molecule has 1 fully saturated rings. The molecule has 1 aromatic heterocycles. The fraction of sp³-hybridized carbons (Fsp3) is 0.444. The third-order valence-corrected chi connectivity index (χ3v) is 4.76. The van der Waals surface area contributed by atoms with Crippen LogP contribution in [0.2, 0.25) is 0 Å². The number of amides is 1. The topological polar surface area (TPSA) is 69.2 Å². The fourth-order valence-electron chi connectivity index (χ4n) is 3.33. The lowest BCUT2D eigenvalue weighted by molar-refractivity contribution is -0.141. The molecule has 3 rings (SSSR count). The Morgan fingerprint density at radius 2 is 1.93 bits per heavy atom. The van der Waals surface area contributed by atoms with Crippen molar-refractivity contribution in [2.75, 3.05) is 0 Å². The number of nitrogens with one attached hydrogen (secondary N) is 1. The van der Waals surface area contributed by atoms with E-state index in [1.54, 1.807) is 0 Å². The normalized spacial score (nSPS) is 15.7. The lowest BCUT2D eigenvalue weighted by Crippen LogP contribution is -2.41. The summed E-state index contributed by atoms with van der Waals surface area (Å²) in [6.07, 6.45) is -0.442. The molecule has 2 aromatic rings. The van der Waals surface area contributed by atoms with Crippen LogP contribution in [0.4, 0.5) is 17.6 Å². The zero-order chi connectivity index (χ0) is 19.6. The highest BCUT2D eigenvalue weighted by atomic mass is 19.4. The molecule has 27 heavy (non-hydrogen) atoms. The Balaban J connectivity index is 1.89. The molecule has 0 bridgehead atoms. The van der Waals surface area contributed by atoms with Crippen molar-refractivity contribution in [3.8, 4) is 5.75 Å². The largest absolute Gasteiger partial charge is 0.508 e. The SMILES string of the molecule is O=C(c1cc(C(F)(F)F)[nH]n1)N(Cc1ccc(O)cc1F)C1CCCCC1. The first kappa shape index (κ1) is 19.2. The molecule has 1 aliphatic carbocycles. The van der Waals surface area contributed by atoms with E-state index in [-0.39, 0.29) is 29.6 Å². The number of aromatic hydroxyl groups is 1. The molecular weight excluding hydrogens is 366 g/mol. The molecule has 1 aliphatic rings. The second-order valence-electron chi connectivity index (χ2n) is 6.67. The molecule has 1 saturated carbocycles. The first-order chi connectivity index (χ1) is 12.8. The number of aromatic amines is 1. The number of H-pyrrole nitrogens is 1. The number of benzene rings is 1. The number of rotatable bonds is 4. The van der Waals surface area contributed by atoms with Crippen LogP contribution < -0.4 is 0 Å². The van der Waals surface area contributed by atoms with Gasteiger partial charge in [-0.15, -0.1) is 0 Å². The van der Waals surface area contributed by atoms with E-state index in [2.05, 4.69) is 5.10 Å². The van der Waals surface area contributed by atoms with Gasteiger partial charge in [0.2, 0.25) is 0 Å². The van der Waals surface area contributed by atoms with E-state index >= 15 is 0 Å². The predicted molar refractivity (Wildman–Crippen MR) is 88.4 cm³/mol. The standard InChI is InChI=1S/C18H19F4N3O2/c19-14-8-13(26)7-6-11(14)10-25(12-4-2-1-3-5-12)17(27)15-9-16(24-23-15)18(20,21)22/h6-9,12,26H,1-5,10H2,(H,23,24). The number of phenolic OH excluding ortho intramolecular Hbond substituents is 1. The number of hydrogen-bond donors (Lipinski definition) is 2. The summed E-state index contributed by atoms with van der Waals surface area (Å²) in [6.45, 7) is -0.107. The Hall–Kier alpha value is -2.58. The molecule has 0 atom stereocenters. The van der Waals surface area contributed by atoms with Gasteiger partial charge < -0.3 is 10.0 Å². The number of carbonyl (C=O) groups is 1. The predicted octanol–water partition coefficient (Wildman–Crippen LogP) is 4.25. The average Bonchev–Trinajstić information content (AvgIpc) is 3.12. The molecule has 1 amide bonds. The Bertz CT molecular complexity index is 813. The zero-order valence-electron chi connectivity index (χ0n) is 14.4. The molecule has 0 aliphatic heterocycles. The second kappa shape index (κ2) is 7.58. The number of halogens is 4. The van der Waals surface area contributed by atoms with Crippen LogP contribution in [0.25, 0.3) is 0 Å². The van der Waals surface area contributed by atoms with Gasteiger partial charge in [0, 0.05) is 30.3 Å². The van der Waals surface area contributed by atoms with Crippen molar-refractivity contribution in [2.45, 2.75) is 50.9 Å². The van der Waals surface area contributed by atoms with Crippen LogP contribution in [0.3, 0.4) is 0 Å². The fourth-order valence-corrected chi connectivity index (χ4v) is 3.33. The molecule has 0 spiro atoms. The molecular formula is C18H19F4N3O2. The van der Waals surface area contributed by atoms with Crippen molar-refractivity contribution in [1.29, 1.82) is 0 Å². The number of hydrogen-bond acceptors (Lipinski definition) is 3. The second-order valence-corrected chi connectivity index (χ2v) is 6.67. The molecule has 0 radical (unpaired) electrons. The summed E-state index contributed by atoms with van der Waals surface area (Å²) in [7, 11) is 0. The molecule has 5 nitrogen and oxygen atoms in total. The van der Waals surface area contributed by atoms with Crippen molar-refractivity contribution >= 4 is 5.91 Å². The maximum Gasteiger partial charge on any atom is 0.432 e. The summed E-state index contributed by atoms with van der Waals surface area (Å²) in [5.41, 5.74) is -1.28. The molecule has 0 unspecified atom stereocenters. The van der Waals surface area contributed by atoms with Gasteiger partial charge in [-0.25, -0.2) is 4.39 Å². The van der Waals surface area contributed by atoms with Gasteiger partial charge in [0.15, 0.2) is 5.69 Å². The number of phenols is 1. The van der Waals surface area contributed by atoms with Crippen LogP contribution in [-0.2, 0) is 12.7 Å². The molecule has 2 N–H and O–H groups in total. The van der Waals surface area contributed by atoms with E-state index in [9.17, 15) is 27.5 Å². The molecule has 146 valence electrons. The quantitative estimate of drug-likeness (QED) is 0.773. The number of aromatic nitrogens is 2. The van der Waals surface area contributed by atoms with Gasteiger partial charge in [0.25, 0.3) is 5.91 Å². The Labute approximate surface area is 153 Å². The lowest BCUT2D eigenvalue weighted by Gasteiger charge is -2.34. The molecule has 0 saturated heterocycles. The van der Waals surface area contributed by atoms with Crippen molar-refractivity contribution < 1.29 is 27.5 Å². The highest BCUT2D eigenvalue weighted by molar-refractivity contribution is 5.92. The van der Waals surface area contributed by atoms with Crippen molar-refractivity contribution in [2.24, 2.45) is 0 Å². The monoisotopic (exact) mass is 385 g/mol. The van der Waals surface area contributed by atoms with Crippen LogP contribution in [0.1, 0.15) is 53.8 Å². The van der Waals surface area contributed by atoms with Crippen LogP contribution in [0.5, 0.6) is 5.75 Å². The van der Waals surface area contributed by atoms with E-state index < -0.39 is 23.6 Å². The summed E-state index contributed by atoms with van der Waals surface area (Å²) in [5.74, 6) is -1.60. The number of alkyl halides is 3. The van der Waals surface area contributed by atoms with Crippen molar-refractivity contribution in [3.05, 3.63) is 47.0 Å². The van der Waals surface area contributed by atoms with Crippen LogP contribution in [0.15, 0.2) is 24.3 Å². The van der Waals surface area contributed by atoms with E-state index in [1.165, 1.54) is 17.0 Å². The van der Waals surface area contributed by atoms with Crippen LogP contribution in [-0.4, -0.2) is 32.2 Å². The summed E-state index contributed by atoms with van der Waals surface area (Å²) in [4.78, 5) is 14.3. The minimum Gasteiger partial charge on any atom is -0.508 e. The third kappa shape index (κ3) is 4.40. The van der Waals surface area contributed by atoms with E-state index in [1.807, 2.05) is 5.10 Å². The smallest absolute Gasteiger partial charge is 0.432 e. The molecule has 1 aromatic carbocycles. The highest BCUT2D eigenvalue weighted by Gasteiger charge is 2.35. The Morgan fingerprint density at radius 1 is 1.22 bits per heavy atom. The minimum absolute atomic E-state index is 0.107. The van der Waals surface area contributed by atoms with E-state index in [0.717, 1.165) is 25.3 Å². The van der Waals surface area contributed by atoms with Crippen molar-refractivity contribution in [1.82, 2.24) is 15.1 Å². The van der Waals surface area contributed by atoms with Gasteiger partial charge in [-0.1, -0.05) is 25.3 Å². The van der Waals surface area contributed by atoms with Crippen molar-refractivity contribution in [3.63, 3.8) is 0 Å². The average molecular weight is 385 g/mol. The molecule has 9 heteroatoms. The van der Waals surface area contributed by atoms with Crippen LogP contribution in [0, 0.1) is 5.82 Å². The van der Waals surface area contributed by atoms with Gasteiger partial charge in [0.05, 0.1) is 0 Å². The number of nitrogens with zero attached hydrogens (tertiary/aromatic N) is 2. The number of carbonyl (C=O) groups excluding carboxylic acids is 1. The lowest BCUT2D eigenvalue weighted by atomic mass is 9.93. The van der Waals surface area contributed by atoms with Gasteiger partial charge >= 0.3 is 6.18 Å². The summed E-state index contributed by atoms with van der Waals surface area (Å²) in [5, 5.41) is 14.7.